The average Bonchev–Trinajstić information content (AvgIpc) is 2.75. The SMILES string of the molecule is CCOc1cc(CNc2ccc(Br)cc2)c(Br)cc1OCC(=O)Nc1ccc(C)cc1. The van der Waals surface area contributed by atoms with Gasteiger partial charge in [-0.1, -0.05) is 49.6 Å². The van der Waals surface area contributed by atoms with Crippen molar-refractivity contribution in [3.8, 4) is 11.5 Å². The highest BCUT2D eigenvalue weighted by Crippen LogP contribution is 2.34. The van der Waals surface area contributed by atoms with Crippen molar-refractivity contribution in [2.75, 3.05) is 23.8 Å². The van der Waals surface area contributed by atoms with Gasteiger partial charge in [0.05, 0.1) is 6.61 Å². The number of anilines is 2. The van der Waals surface area contributed by atoms with Gasteiger partial charge in [-0.05, 0) is 67.9 Å². The summed E-state index contributed by atoms with van der Waals surface area (Å²) in [6.45, 7) is 4.90. The lowest BCUT2D eigenvalue weighted by molar-refractivity contribution is -0.118. The van der Waals surface area contributed by atoms with E-state index in [0.29, 0.717) is 24.7 Å². The van der Waals surface area contributed by atoms with Gasteiger partial charge in [-0.15, -0.1) is 0 Å². The van der Waals surface area contributed by atoms with Crippen LogP contribution in [0.3, 0.4) is 0 Å². The lowest BCUT2D eigenvalue weighted by Gasteiger charge is -2.16. The number of rotatable bonds is 9. The Hall–Kier alpha value is -2.51. The minimum Gasteiger partial charge on any atom is -0.490 e. The van der Waals surface area contributed by atoms with Gasteiger partial charge >= 0.3 is 0 Å². The van der Waals surface area contributed by atoms with Crippen molar-refractivity contribution in [3.05, 3.63) is 80.7 Å². The molecule has 2 N–H and O–H groups in total. The third-order valence-electron chi connectivity index (χ3n) is 4.43. The summed E-state index contributed by atoms with van der Waals surface area (Å²) in [5.41, 5.74) is 3.90. The molecule has 0 aromatic heterocycles. The fourth-order valence-corrected chi connectivity index (χ4v) is 3.56. The highest BCUT2D eigenvalue weighted by Gasteiger charge is 2.13. The van der Waals surface area contributed by atoms with Gasteiger partial charge in [0.25, 0.3) is 5.91 Å². The third kappa shape index (κ3) is 7.01. The Kier molecular flexibility index (Phi) is 8.37. The van der Waals surface area contributed by atoms with Crippen LogP contribution in [0.2, 0.25) is 0 Å². The molecule has 0 heterocycles. The number of hydrogen-bond donors (Lipinski definition) is 2. The molecule has 5 nitrogen and oxygen atoms in total. The topological polar surface area (TPSA) is 59.6 Å². The van der Waals surface area contributed by atoms with E-state index in [9.17, 15) is 4.79 Å². The van der Waals surface area contributed by atoms with E-state index in [-0.39, 0.29) is 12.5 Å². The smallest absolute Gasteiger partial charge is 0.262 e. The van der Waals surface area contributed by atoms with Crippen molar-refractivity contribution < 1.29 is 14.3 Å². The van der Waals surface area contributed by atoms with Crippen molar-refractivity contribution in [3.63, 3.8) is 0 Å². The van der Waals surface area contributed by atoms with Crippen LogP contribution in [0.5, 0.6) is 11.5 Å². The lowest BCUT2D eigenvalue weighted by atomic mass is 10.2. The standard InChI is InChI=1S/C24H24Br2N2O3/c1-3-30-22-12-17(14-27-19-10-6-18(25)7-11-19)21(26)13-23(22)31-15-24(29)28-20-8-4-16(2)5-9-20/h4-13,27H,3,14-15H2,1-2H3,(H,28,29). The second-order valence-electron chi connectivity index (χ2n) is 6.89. The number of ether oxygens (including phenoxy) is 2. The number of carbonyl (C=O) groups excluding carboxylic acids is 1. The Morgan fingerprint density at radius 2 is 1.55 bits per heavy atom. The van der Waals surface area contributed by atoms with Crippen LogP contribution >= 0.6 is 31.9 Å². The molecule has 7 heteroatoms. The number of aryl methyl sites for hydroxylation is 1. The zero-order valence-electron chi connectivity index (χ0n) is 17.4. The summed E-state index contributed by atoms with van der Waals surface area (Å²) in [7, 11) is 0. The quantitative estimate of drug-likeness (QED) is 0.319. The minimum atomic E-state index is -0.233. The van der Waals surface area contributed by atoms with E-state index in [1.165, 1.54) is 0 Å². The molecule has 31 heavy (non-hydrogen) atoms. The van der Waals surface area contributed by atoms with E-state index in [1.54, 1.807) is 0 Å². The molecule has 0 aliphatic rings. The number of hydrogen-bond acceptors (Lipinski definition) is 4. The van der Waals surface area contributed by atoms with Crippen LogP contribution in [0.1, 0.15) is 18.1 Å². The summed E-state index contributed by atoms with van der Waals surface area (Å²) in [5.74, 6) is 0.880. The summed E-state index contributed by atoms with van der Waals surface area (Å²) in [5, 5.41) is 6.22. The molecule has 0 spiro atoms. The summed E-state index contributed by atoms with van der Waals surface area (Å²) in [6, 6.07) is 19.4. The predicted octanol–water partition coefficient (Wildman–Crippen LogP) is 6.55. The molecule has 1 amide bonds. The molecule has 3 aromatic rings. The highest BCUT2D eigenvalue weighted by atomic mass is 79.9. The maximum Gasteiger partial charge on any atom is 0.262 e. The monoisotopic (exact) mass is 546 g/mol. The maximum absolute atomic E-state index is 12.3. The van der Waals surface area contributed by atoms with E-state index in [1.807, 2.05) is 74.5 Å². The zero-order chi connectivity index (χ0) is 22.2. The van der Waals surface area contributed by atoms with E-state index < -0.39 is 0 Å². The number of benzene rings is 3. The molecule has 0 radical (unpaired) electrons. The van der Waals surface area contributed by atoms with Crippen LogP contribution in [0.4, 0.5) is 11.4 Å². The predicted molar refractivity (Wildman–Crippen MR) is 132 cm³/mol. The lowest BCUT2D eigenvalue weighted by Crippen LogP contribution is -2.20. The fraction of sp³-hybridized carbons (Fsp3) is 0.208. The summed E-state index contributed by atoms with van der Waals surface area (Å²) < 4.78 is 13.4. The molecule has 162 valence electrons. The Bertz CT molecular complexity index is 1020. The van der Waals surface area contributed by atoms with Gasteiger partial charge in [0.15, 0.2) is 18.1 Å². The van der Waals surface area contributed by atoms with Crippen molar-refractivity contribution in [2.24, 2.45) is 0 Å². The van der Waals surface area contributed by atoms with Crippen molar-refractivity contribution in [1.82, 2.24) is 0 Å². The second kappa shape index (κ2) is 11.2. The summed E-state index contributed by atoms with van der Waals surface area (Å²) in [4.78, 5) is 12.3. The molecule has 0 fully saturated rings. The molecular formula is C24H24Br2N2O3. The third-order valence-corrected chi connectivity index (χ3v) is 5.70. The van der Waals surface area contributed by atoms with E-state index in [4.69, 9.17) is 9.47 Å². The average molecular weight is 548 g/mol. The van der Waals surface area contributed by atoms with E-state index in [2.05, 4.69) is 42.5 Å². The number of carbonyl (C=O) groups is 1. The van der Waals surface area contributed by atoms with Crippen molar-refractivity contribution in [2.45, 2.75) is 20.4 Å². The molecule has 3 aromatic carbocycles. The number of nitrogens with one attached hydrogen (secondary N) is 2. The molecule has 3 rings (SSSR count). The number of amides is 1. The van der Waals surface area contributed by atoms with Crippen LogP contribution < -0.4 is 20.1 Å². The second-order valence-corrected chi connectivity index (χ2v) is 8.66. The van der Waals surface area contributed by atoms with Crippen LogP contribution in [-0.2, 0) is 11.3 Å². The molecule has 0 atom stereocenters. The maximum atomic E-state index is 12.3. The largest absolute Gasteiger partial charge is 0.490 e. The Labute approximate surface area is 199 Å². The molecule has 0 saturated carbocycles. The summed E-state index contributed by atoms with van der Waals surface area (Å²) in [6.07, 6.45) is 0. The zero-order valence-corrected chi connectivity index (χ0v) is 20.5. The highest BCUT2D eigenvalue weighted by molar-refractivity contribution is 9.10. The molecular weight excluding hydrogens is 524 g/mol. The Morgan fingerprint density at radius 3 is 2.23 bits per heavy atom. The molecule has 0 bridgehead atoms. The van der Waals surface area contributed by atoms with Crippen LogP contribution in [-0.4, -0.2) is 19.1 Å². The van der Waals surface area contributed by atoms with E-state index in [0.717, 1.165) is 31.4 Å². The van der Waals surface area contributed by atoms with Crippen LogP contribution in [0, 0.1) is 6.92 Å². The van der Waals surface area contributed by atoms with Crippen molar-refractivity contribution in [1.29, 1.82) is 0 Å². The summed E-state index contributed by atoms with van der Waals surface area (Å²) >= 11 is 7.04. The minimum absolute atomic E-state index is 0.114. The molecule has 0 saturated heterocycles. The van der Waals surface area contributed by atoms with Gasteiger partial charge in [-0.2, -0.15) is 0 Å². The van der Waals surface area contributed by atoms with Crippen LogP contribution in [0.25, 0.3) is 0 Å². The van der Waals surface area contributed by atoms with Crippen LogP contribution in [0.15, 0.2) is 69.6 Å². The van der Waals surface area contributed by atoms with E-state index >= 15 is 0 Å². The van der Waals surface area contributed by atoms with Gasteiger partial charge in [0, 0.05) is 26.9 Å². The normalized spacial score (nSPS) is 10.5. The first-order chi connectivity index (χ1) is 14.9. The first kappa shape index (κ1) is 23.2. The first-order valence-corrected chi connectivity index (χ1v) is 11.5. The van der Waals surface area contributed by atoms with Gasteiger partial charge < -0.3 is 20.1 Å². The Balaban J connectivity index is 1.65. The van der Waals surface area contributed by atoms with Gasteiger partial charge in [-0.25, -0.2) is 0 Å². The van der Waals surface area contributed by atoms with Gasteiger partial charge in [-0.3, -0.25) is 4.79 Å². The molecule has 0 aliphatic carbocycles. The van der Waals surface area contributed by atoms with Crippen molar-refractivity contribution >= 4 is 49.1 Å². The van der Waals surface area contributed by atoms with Gasteiger partial charge in [0.2, 0.25) is 0 Å². The fourth-order valence-electron chi connectivity index (χ4n) is 2.84. The Morgan fingerprint density at radius 1 is 0.903 bits per heavy atom. The van der Waals surface area contributed by atoms with Gasteiger partial charge in [0.1, 0.15) is 0 Å². The first-order valence-electron chi connectivity index (χ1n) is 9.88. The molecule has 0 unspecified atom stereocenters. The number of halogens is 2. The molecule has 0 aliphatic heterocycles.